The van der Waals surface area contributed by atoms with Crippen molar-refractivity contribution in [2.24, 2.45) is 0 Å². The molecule has 0 radical (unpaired) electrons. The minimum absolute atomic E-state index is 0.283. The minimum atomic E-state index is -0.414. The summed E-state index contributed by atoms with van der Waals surface area (Å²) in [5, 5.41) is 0. The van der Waals surface area contributed by atoms with Crippen molar-refractivity contribution in [2.45, 2.75) is 0 Å². The molecule has 18 heavy (non-hydrogen) atoms. The maximum atomic E-state index is 11.6. The molecule has 1 aromatic rings. The third kappa shape index (κ3) is 3.68. The Labute approximate surface area is 106 Å². The number of nitrogen functional groups attached to an aromatic ring is 1. The molecule has 0 unspecified atom stereocenters. The Morgan fingerprint density at radius 2 is 2.22 bits per heavy atom. The monoisotopic (exact) mass is 251 g/mol. The first kappa shape index (κ1) is 12.8. The van der Waals surface area contributed by atoms with Gasteiger partial charge >= 0.3 is 5.97 Å². The number of ether oxygens (including phenoxy) is 2. The Hall–Kier alpha value is -1.66. The van der Waals surface area contributed by atoms with Crippen molar-refractivity contribution in [3.05, 3.63) is 24.0 Å². The number of carbonyl (C=O) groups excluding carboxylic acids is 1. The molecule has 6 nitrogen and oxygen atoms in total. The first-order valence-electron chi connectivity index (χ1n) is 5.94. The molecule has 0 aromatic carbocycles. The Bertz CT molecular complexity index is 388. The lowest BCUT2D eigenvalue weighted by Gasteiger charge is -2.26. The summed E-state index contributed by atoms with van der Waals surface area (Å²) in [7, 11) is 0. The van der Waals surface area contributed by atoms with Crippen molar-refractivity contribution >= 4 is 11.7 Å². The predicted octanol–water partition coefficient (Wildman–Crippen LogP) is 0.153. The van der Waals surface area contributed by atoms with E-state index in [1.807, 2.05) is 0 Å². The van der Waals surface area contributed by atoms with Gasteiger partial charge in [-0.3, -0.25) is 4.90 Å². The number of carbonyl (C=O) groups is 1. The number of esters is 1. The summed E-state index contributed by atoms with van der Waals surface area (Å²) in [6.07, 6.45) is 1.44. The topological polar surface area (TPSA) is 77.7 Å². The van der Waals surface area contributed by atoms with E-state index < -0.39 is 5.97 Å². The highest BCUT2D eigenvalue weighted by molar-refractivity contribution is 5.87. The van der Waals surface area contributed by atoms with Crippen LogP contribution in [0.15, 0.2) is 18.3 Å². The average Bonchev–Trinajstić information content (AvgIpc) is 2.40. The average molecular weight is 251 g/mol. The van der Waals surface area contributed by atoms with Crippen LogP contribution in [0.1, 0.15) is 10.5 Å². The van der Waals surface area contributed by atoms with Gasteiger partial charge in [-0.25, -0.2) is 9.78 Å². The molecule has 1 saturated heterocycles. The second kappa shape index (κ2) is 6.32. The van der Waals surface area contributed by atoms with Crippen molar-refractivity contribution in [1.29, 1.82) is 0 Å². The van der Waals surface area contributed by atoms with E-state index in [1.54, 1.807) is 12.1 Å². The van der Waals surface area contributed by atoms with Crippen LogP contribution in [0.2, 0.25) is 0 Å². The highest BCUT2D eigenvalue weighted by Gasteiger charge is 2.12. The first-order chi connectivity index (χ1) is 8.75. The zero-order valence-corrected chi connectivity index (χ0v) is 10.2. The van der Waals surface area contributed by atoms with Crippen LogP contribution in [0.3, 0.4) is 0 Å². The fourth-order valence-corrected chi connectivity index (χ4v) is 1.69. The fourth-order valence-electron chi connectivity index (χ4n) is 1.69. The maximum absolute atomic E-state index is 11.6. The molecule has 0 aliphatic carbocycles. The summed E-state index contributed by atoms with van der Waals surface area (Å²) in [4.78, 5) is 17.7. The lowest BCUT2D eigenvalue weighted by atomic mass is 10.3. The molecule has 1 aliphatic rings. The van der Waals surface area contributed by atoms with Crippen molar-refractivity contribution in [3.63, 3.8) is 0 Å². The summed E-state index contributed by atoms with van der Waals surface area (Å²) in [6, 6.07) is 3.19. The highest BCUT2D eigenvalue weighted by atomic mass is 16.5. The second-order valence-electron chi connectivity index (χ2n) is 4.07. The van der Waals surface area contributed by atoms with Crippen LogP contribution >= 0.6 is 0 Å². The third-order valence-electron chi connectivity index (χ3n) is 2.74. The van der Waals surface area contributed by atoms with Crippen LogP contribution in [-0.4, -0.2) is 55.3 Å². The largest absolute Gasteiger partial charge is 0.460 e. The first-order valence-corrected chi connectivity index (χ1v) is 5.94. The molecule has 98 valence electrons. The Morgan fingerprint density at radius 1 is 1.44 bits per heavy atom. The minimum Gasteiger partial charge on any atom is -0.460 e. The summed E-state index contributed by atoms with van der Waals surface area (Å²) >= 11 is 0. The van der Waals surface area contributed by atoms with Crippen LogP contribution in [-0.2, 0) is 9.47 Å². The molecule has 0 amide bonds. The number of pyridine rings is 1. The van der Waals surface area contributed by atoms with E-state index in [4.69, 9.17) is 15.2 Å². The van der Waals surface area contributed by atoms with E-state index in [-0.39, 0.29) is 5.69 Å². The van der Waals surface area contributed by atoms with Crippen LogP contribution in [0.25, 0.3) is 0 Å². The molecule has 0 spiro atoms. The number of morpholine rings is 1. The smallest absolute Gasteiger partial charge is 0.356 e. The molecular formula is C12H17N3O3. The van der Waals surface area contributed by atoms with E-state index in [0.717, 1.165) is 32.8 Å². The number of hydrogen-bond donors (Lipinski definition) is 1. The van der Waals surface area contributed by atoms with E-state index in [9.17, 15) is 4.79 Å². The molecule has 0 atom stereocenters. The van der Waals surface area contributed by atoms with Crippen LogP contribution in [0.4, 0.5) is 5.69 Å². The van der Waals surface area contributed by atoms with Crippen LogP contribution in [0.5, 0.6) is 0 Å². The third-order valence-corrected chi connectivity index (χ3v) is 2.74. The van der Waals surface area contributed by atoms with Gasteiger partial charge < -0.3 is 15.2 Å². The van der Waals surface area contributed by atoms with Crippen LogP contribution in [0, 0.1) is 0 Å². The standard InChI is InChI=1S/C12H17N3O3/c13-10-1-2-11(14-9-10)12(16)18-8-5-15-3-6-17-7-4-15/h1-2,9H,3-8,13H2. The summed E-state index contributed by atoms with van der Waals surface area (Å²) < 4.78 is 10.4. The van der Waals surface area contributed by atoms with Gasteiger partial charge in [-0.15, -0.1) is 0 Å². The molecular weight excluding hydrogens is 234 g/mol. The van der Waals surface area contributed by atoms with Crippen molar-refractivity contribution < 1.29 is 14.3 Å². The normalized spacial score (nSPS) is 16.4. The molecule has 6 heteroatoms. The van der Waals surface area contributed by atoms with Gasteiger partial charge in [-0.05, 0) is 12.1 Å². The number of rotatable bonds is 4. The van der Waals surface area contributed by atoms with E-state index in [0.29, 0.717) is 12.3 Å². The Balaban J connectivity index is 1.72. The maximum Gasteiger partial charge on any atom is 0.356 e. The quantitative estimate of drug-likeness (QED) is 0.768. The molecule has 2 heterocycles. The van der Waals surface area contributed by atoms with Crippen molar-refractivity contribution in [1.82, 2.24) is 9.88 Å². The molecule has 1 aliphatic heterocycles. The van der Waals surface area contributed by atoms with Gasteiger partial charge in [-0.2, -0.15) is 0 Å². The lowest BCUT2D eigenvalue weighted by Crippen LogP contribution is -2.38. The molecule has 1 aromatic heterocycles. The van der Waals surface area contributed by atoms with E-state index in [2.05, 4.69) is 9.88 Å². The lowest BCUT2D eigenvalue weighted by molar-refractivity contribution is 0.0193. The SMILES string of the molecule is Nc1ccc(C(=O)OCCN2CCOCC2)nc1. The highest BCUT2D eigenvalue weighted by Crippen LogP contribution is 2.03. The fraction of sp³-hybridized carbons (Fsp3) is 0.500. The van der Waals surface area contributed by atoms with E-state index >= 15 is 0 Å². The molecule has 0 saturated carbocycles. The van der Waals surface area contributed by atoms with Gasteiger partial charge in [0, 0.05) is 19.6 Å². The number of nitrogens with two attached hydrogens (primary N) is 1. The zero-order chi connectivity index (χ0) is 12.8. The summed E-state index contributed by atoms with van der Waals surface area (Å²) in [5.41, 5.74) is 6.30. The zero-order valence-electron chi connectivity index (χ0n) is 10.2. The predicted molar refractivity (Wildman–Crippen MR) is 66.2 cm³/mol. The molecule has 2 N–H and O–H groups in total. The number of nitrogens with zero attached hydrogens (tertiary/aromatic N) is 2. The molecule has 1 fully saturated rings. The van der Waals surface area contributed by atoms with E-state index in [1.165, 1.54) is 6.20 Å². The van der Waals surface area contributed by atoms with Gasteiger partial charge in [0.05, 0.1) is 25.1 Å². The number of hydrogen-bond acceptors (Lipinski definition) is 6. The number of anilines is 1. The Kier molecular flexibility index (Phi) is 4.49. The Morgan fingerprint density at radius 3 is 2.89 bits per heavy atom. The van der Waals surface area contributed by atoms with Gasteiger partial charge in [0.15, 0.2) is 0 Å². The van der Waals surface area contributed by atoms with Gasteiger partial charge in [0.1, 0.15) is 12.3 Å². The van der Waals surface area contributed by atoms with Crippen molar-refractivity contribution in [2.75, 3.05) is 45.2 Å². The van der Waals surface area contributed by atoms with Crippen LogP contribution < -0.4 is 5.73 Å². The number of aromatic nitrogens is 1. The van der Waals surface area contributed by atoms with Gasteiger partial charge in [0.25, 0.3) is 0 Å². The second-order valence-corrected chi connectivity index (χ2v) is 4.07. The summed E-state index contributed by atoms with van der Waals surface area (Å²) in [5.74, 6) is -0.414. The summed E-state index contributed by atoms with van der Waals surface area (Å²) in [6.45, 7) is 4.35. The molecule has 0 bridgehead atoms. The molecule has 2 rings (SSSR count). The van der Waals surface area contributed by atoms with Crippen molar-refractivity contribution in [3.8, 4) is 0 Å². The van der Waals surface area contributed by atoms with Gasteiger partial charge in [-0.1, -0.05) is 0 Å². The van der Waals surface area contributed by atoms with Gasteiger partial charge in [0.2, 0.25) is 0 Å².